The molecule has 0 aliphatic heterocycles. The first-order valence-electron chi connectivity index (χ1n) is 16.8. The number of hydrogen-bond acceptors (Lipinski definition) is 2. The first-order chi connectivity index (χ1) is 18.8. The minimum absolute atomic E-state index is 0.417. The van der Waals surface area contributed by atoms with E-state index >= 15 is 0 Å². The van der Waals surface area contributed by atoms with Crippen molar-refractivity contribution in [2.24, 2.45) is 0 Å². The van der Waals surface area contributed by atoms with Gasteiger partial charge in [-0.05, 0) is 37.8 Å². The van der Waals surface area contributed by atoms with Crippen LogP contribution in [0.2, 0.25) is 0 Å². The van der Waals surface area contributed by atoms with E-state index in [1.165, 1.54) is 134 Å². The highest BCUT2D eigenvalue weighted by atomic mass is 16.2. The predicted octanol–water partition coefficient (Wildman–Crippen LogP) is 10.2. The Labute approximate surface area is 237 Å². The molecule has 0 radical (unpaired) electrons. The highest BCUT2D eigenvalue weighted by molar-refractivity contribution is 5.76. The SMILES string of the molecule is CCCCCCCCCCN(CCCCCCCCCC)C(=O)CCCCCCCNCc1ccccc1. The Bertz CT molecular complexity index is 598. The Kier molecular flexibility index (Phi) is 24.8. The van der Waals surface area contributed by atoms with Gasteiger partial charge in [0, 0.05) is 26.1 Å². The fourth-order valence-corrected chi connectivity index (χ4v) is 5.28. The number of carbonyl (C=O) groups is 1. The van der Waals surface area contributed by atoms with E-state index in [0.717, 1.165) is 39.0 Å². The Hall–Kier alpha value is -1.35. The number of rotatable bonds is 28. The lowest BCUT2D eigenvalue weighted by Crippen LogP contribution is -2.32. The maximum atomic E-state index is 13.0. The average molecular weight is 529 g/mol. The monoisotopic (exact) mass is 529 g/mol. The molecule has 0 aromatic heterocycles. The fourth-order valence-electron chi connectivity index (χ4n) is 5.28. The minimum atomic E-state index is 0.417. The van der Waals surface area contributed by atoms with Crippen LogP contribution in [0.3, 0.4) is 0 Å². The Morgan fingerprint density at radius 1 is 0.579 bits per heavy atom. The molecule has 0 heterocycles. The molecule has 220 valence electrons. The lowest BCUT2D eigenvalue weighted by molar-refractivity contribution is -0.131. The van der Waals surface area contributed by atoms with Gasteiger partial charge in [0.05, 0.1) is 0 Å². The van der Waals surface area contributed by atoms with E-state index in [1.54, 1.807) is 0 Å². The zero-order valence-electron chi connectivity index (χ0n) is 25.6. The van der Waals surface area contributed by atoms with E-state index in [1.807, 2.05) is 0 Å². The summed E-state index contributed by atoms with van der Waals surface area (Å²) in [7, 11) is 0. The second-order valence-electron chi connectivity index (χ2n) is 11.5. The minimum Gasteiger partial charge on any atom is -0.343 e. The third kappa shape index (κ3) is 21.6. The predicted molar refractivity (Wildman–Crippen MR) is 168 cm³/mol. The zero-order valence-corrected chi connectivity index (χ0v) is 25.6. The summed E-state index contributed by atoms with van der Waals surface area (Å²) in [6.45, 7) is 8.57. The van der Waals surface area contributed by atoms with E-state index in [9.17, 15) is 4.79 Å². The van der Waals surface area contributed by atoms with Gasteiger partial charge in [-0.2, -0.15) is 0 Å². The maximum Gasteiger partial charge on any atom is 0.222 e. The first-order valence-corrected chi connectivity index (χ1v) is 16.8. The van der Waals surface area contributed by atoms with Gasteiger partial charge in [0.2, 0.25) is 5.91 Å². The molecule has 0 aliphatic carbocycles. The molecule has 1 rings (SSSR count). The topological polar surface area (TPSA) is 32.3 Å². The van der Waals surface area contributed by atoms with E-state index in [0.29, 0.717) is 5.91 Å². The molecule has 1 aromatic carbocycles. The third-order valence-corrected chi connectivity index (χ3v) is 7.83. The van der Waals surface area contributed by atoms with Gasteiger partial charge in [-0.25, -0.2) is 0 Å². The maximum absolute atomic E-state index is 13.0. The van der Waals surface area contributed by atoms with Crippen LogP contribution >= 0.6 is 0 Å². The van der Waals surface area contributed by atoms with Gasteiger partial charge in [-0.3, -0.25) is 4.79 Å². The van der Waals surface area contributed by atoms with Crippen molar-refractivity contribution < 1.29 is 4.79 Å². The van der Waals surface area contributed by atoms with Crippen LogP contribution < -0.4 is 5.32 Å². The van der Waals surface area contributed by atoms with Crippen LogP contribution in [0.25, 0.3) is 0 Å². The van der Waals surface area contributed by atoms with Crippen molar-refractivity contribution in [2.45, 2.75) is 162 Å². The standard InChI is InChI=1S/C35H64N2O/c1-3-5-7-9-11-13-18-25-31-37(32-26-19-14-12-10-8-6-4-2)35(38)29-23-16-15-17-24-30-36-33-34-27-21-20-22-28-34/h20-22,27-28,36H,3-19,23-26,29-33H2,1-2H3. The molecule has 0 aliphatic rings. The Balaban J connectivity index is 2.16. The molecule has 0 saturated carbocycles. The van der Waals surface area contributed by atoms with Crippen LogP contribution in [0.5, 0.6) is 0 Å². The van der Waals surface area contributed by atoms with Crippen LogP contribution in [-0.4, -0.2) is 30.4 Å². The van der Waals surface area contributed by atoms with Gasteiger partial charge in [0.1, 0.15) is 0 Å². The first kappa shape index (κ1) is 34.7. The second kappa shape index (κ2) is 27.2. The normalized spacial score (nSPS) is 11.2. The highest BCUT2D eigenvalue weighted by Gasteiger charge is 2.12. The number of nitrogens with zero attached hydrogens (tertiary/aromatic N) is 1. The molecule has 0 unspecified atom stereocenters. The highest BCUT2D eigenvalue weighted by Crippen LogP contribution is 2.13. The van der Waals surface area contributed by atoms with Crippen molar-refractivity contribution in [2.75, 3.05) is 19.6 Å². The van der Waals surface area contributed by atoms with Crippen molar-refractivity contribution in [3.8, 4) is 0 Å². The molecular formula is C35H64N2O. The molecule has 0 fully saturated rings. The van der Waals surface area contributed by atoms with Crippen LogP contribution in [0.1, 0.15) is 161 Å². The Morgan fingerprint density at radius 2 is 1.03 bits per heavy atom. The number of nitrogens with one attached hydrogen (secondary N) is 1. The van der Waals surface area contributed by atoms with Gasteiger partial charge in [0.15, 0.2) is 0 Å². The molecule has 0 spiro atoms. The smallest absolute Gasteiger partial charge is 0.222 e. The van der Waals surface area contributed by atoms with Crippen LogP contribution in [0, 0.1) is 0 Å². The summed E-state index contributed by atoms with van der Waals surface area (Å²) in [5.74, 6) is 0.417. The summed E-state index contributed by atoms with van der Waals surface area (Å²) in [5, 5.41) is 3.55. The van der Waals surface area contributed by atoms with Crippen LogP contribution in [0.4, 0.5) is 0 Å². The van der Waals surface area contributed by atoms with Gasteiger partial charge >= 0.3 is 0 Å². The molecule has 1 aromatic rings. The second-order valence-corrected chi connectivity index (χ2v) is 11.5. The van der Waals surface area contributed by atoms with Gasteiger partial charge < -0.3 is 10.2 Å². The van der Waals surface area contributed by atoms with Crippen molar-refractivity contribution in [3.63, 3.8) is 0 Å². The molecule has 3 nitrogen and oxygen atoms in total. The van der Waals surface area contributed by atoms with Crippen molar-refractivity contribution in [1.82, 2.24) is 10.2 Å². The van der Waals surface area contributed by atoms with Gasteiger partial charge in [0.25, 0.3) is 0 Å². The summed E-state index contributed by atoms with van der Waals surface area (Å²) in [4.78, 5) is 15.3. The third-order valence-electron chi connectivity index (χ3n) is 7.83. The van der Waals surface area contributed by atoms with E-state index in [2.05, 4.69) is 54.4 Å². The molecular weight excluding hydrogens is 464 g/mol. The summed E-state index contributed by atoms with van der Waals surface area (Å²) >= 11 is 0. The number of amides is 1. The van der Waals surface area contributed by atoms with Crippen molar-refractivity contribution in [3.05, 3.63) is 35.9 Å². The van der Waals surface area contributed by atoms with E-state index in [4.69, 9.17) is 0 Å². The molecule has 0 atom stereocenters. The van der Waals surface area contributed by atoms with Gasteiger partial charge in [-0.1, -0.05) is 153 Å². The van der Waals surface area contributed by atoms with Gasteiger partial charge in [-0.15, -0.1) is 0 Å². The summed E-state index contributed by atoms with van der Waals surface area (Å²) in [6, 6.07) is 10.6. The zero-order chi connectivity index (χ0) is 27.4. The lowest BCUT2D eigenvalue weighted by Gasteiger charge is -2.23. The summed E-state index contributed by atoms with van der Waals surface area (Å²) in [6.07, 6.45) is 28.0. The average Bonchev–Trinajstić information content (AvgIpc) is 2.94. The molecule has 1 amide bonds. The number of hydrogen-bond donors (Lipinski definition) is 1. The summed E-state index contributed by atoms with van der Waals surface area (Å²) in [5.41, 5.74) is 1.36. The molecule has 0 bridgehead atoms. The molecule has 1 N–H and O–H groups in total. The molecule has 0 saturated heterocycles. The summed E-state index contributed by atoms with van der Waals surface area (Å²) < 4.78 is 0. The molecule has 3 heteroatoms. The quantitative estimate of drug-likeness (QED) is 0.110. The number of benzene rings is 1. The van der Waals surface area contributed by atoms with Crippen molar-refractivity contribution in [1.29, 1.82) is 0 Å². The fraction of sp³-hybridized carbons (Fsp3) is 0.800. The van der Waals surface area contributed by atoms with E-state index < -0.39 is 0 Å². The van der Waals surface area contributed by atoms with E-state index in [-0.39, 0.29) is 0 Å². The molecule has 38 heavy (non-hydrogen) atoms. The Morgan fingerprint density at radius 3 is 1.55 bits per heavy atom. The largest absolute Gasteiger partial charge is 0.343 e. The number of carbonyl (C=O) groups excluding carboxylic acids is 1. The van der Waals surface area contributed by atoms with Crippen LogP contribution in [0.15, 0.2) is 30.3 Å². The van der Waals surface area contributed by atoms with Crippen molar-refractivity contribution >= 4 is 5.91 Å². The number of unbranched alkanes of at least 4 members (excludes halogenated alkanes) is 18. The lowest BCUT2D eigenvalue weighted by atomic mass is 10.1. The van der Waals surface area contributed by atoms with Crippen LogP contribution in [-0.2, 0) is 11.3 Å².